The summed E-state index contributed by atoms with van der Waals surface area (Å²) in [5.41, 5.74) is 0.939. The Balaban J connectivity index is 1.80. The second-order valence-corrected chi connectivity index (χ2v) is 10.2. The summed E-state index contributed by atoms with van der Waals surface area (Å²) < 4.78 is 56.5. The summed E-state index contributed by atoms with van der Waals surface area (Å²) in [7, 11) is -2.19. The highest BCUT2D eigenvalue weighted by molar-refractivity contribution is 8.13. The van der Waals surface area contributed by atoms with E-state index in [2.05, 4.69) is 0 Å². The highest BCUT2D eigenvalue weighted by Gasteiger charge is 2.15. The zero-order valence-electron chi connectivity index (χ0n) is 14.3. The number of rotatable bonds is 8. The Morgan fingerprint density at radius 1 is 0.926 bits per heavy atom. The second-order valence-electron chi connectivity index (χ2n) is 5.55. The van der Waals surface area contributed by atoms with Crippen LogP contribution in [0.2, 0.25) is 0 Å². The third-order valence-electron chi connectivity index (χ3n) is 3.46. The summed E-state index contributed by atoms with van der Waals surface area (Å²) in [6, 6.07) is 11.5. The molecule has 2 aromatic carbocycles. The number of carbonyl (C=O) groups excluding carboxylic acids is 1. The van der Waals surface area contributed by atoms with Gasteiger partial charge in [0.1, 0.15) is 12.4 Å². The summed E-state index contributed by atoms with van der Waals surface area (Å²) in [4.78, 5) is 11.7. The molecule has 0 bridgehead atoms. The lowest BCUT2D eigenvalue weighted by Crippen LogP contribution is -2.20. The number of aryl methyl sites for hydroxylation is 1. The van der Waals surface area contributed by atoms with E-state index in [-0.39, 0.29) is 27.9 Å². The van der Waals surface area contributed by atoms with Crippen LogP contribution in [0.1, 0.15) is 5.56 Å². The first kappa shape index (κ1) is 21.2. The minimum absolute atomic E-state index is 0.0968. The first-order valence-corrected chi connectivity index (χ1v) is 11.7. The molecule has 27 heavy (non-hydrogen) atoms. The van der Waals surface area contributed by atoms with Crippen molar-refractivity contribution in [2.75, 3.05) is 19.0 Å². The maximum atomic E-state index is 12.1. The number of ether oxygens (including phenoxy) is 2. The Kier molecular flexibility index (Phi) is 6.85. The van der Waals surface area contributed by atoms with Crippen molar-refractivity contribution in [2.24, 2.45) is 0 Å². The molecule has 2 aromatic rings. The first-order chi connectivity index (χ1) is 12.6. The number of hydrogen-bond acceptors (Lipinski definition) is 7. The van der Waals surface area contributed by atoms with Crippen LogP contribution in [0.3, 0.4) is 0 Å². The molecule has 10 heteroatoms. The van der Waals surface area contributed by atoms with E-state index in [1.165, 1.54) is 36.4 Å². The lowest BCUT2D eigenvalue weighted by molar-refractivity contribution is -0.145. The molecule has 2 rings (SSSR count). The Bertz CT molecular complexity index is 996. The van der Waals surface area contributed by atoms with Crippen LogP contribution in [0.5, 0.6) is 5.75 Å². The van der Waals surface area contributed by atoms with E-state index in [0.717, 1.165) is 5.56 Å². The summed E-state index contributed by atoms with van der Waals surface area (Å²) in [6.07, 6.45) is 0. The summed E-state index contributed by atoms with van der Waals surface area (Å²) >= 11 is 0. The van der Waals surface area contributed by atoms with Gasteiger partial charge in [-0.2, -0.15) is 0 Å². The predicted molar refractivity (Wildman–Crippen MR) is 99.2 cm³/mol. The van der Waals surface area contributed by atoms with Crippen LogP contribution in [0.15, 0.2) is 58.3 Å². The molecule has 0 amide bonds. The molecule has 0 heterocycles. The monoisotopic (exact) mass is 432 g/mol. The van der Waals surface area contributed by atoms with Crippen LogP contribution in [0.4, 0.5) is 0 Å². The van der Waals surface area contributed by atoms with E-state index in [9.17, 15) is 21.6 Å². The molecule has 0 aliphatic heterocycles. The largest absolute Gasteiger partial charge is 0.482 e. The Morgan fingerprint density at radius 2 is 1.48 bits per heavy atom. The van der Waals surface area contributed by atoms with E-state index in [0.29, 0.717) is 0 Å². The van der Waals surface area contributed by atoms with Crippen LogP contribution in [-0.2, 0) is 28.4 Å². The van der Waals surface area contributed by atoms with E-state index in [1.54, 1.807) is 12.1 Å². The smallest absolute Gasteiger partial charge is 0.344 e. The molecule has 0 atom stereocenters. The van der Waals surface area contributed by atoms with Crippen molar-refractivity contribution in [3.63, 3.8) is 0 Å². The molecule has 0 fully saturated rings. The zero-order valence-corrected chi connectivity index (χ0v) is 16.7. The van der Waals surface area contributed by atoms with E-state index in [1.807, 2.05) is 6.92 Å². The maximum Gasteiger partial charge on any atom is 0.344 e. The molecule has 0 saturated heterocycles. The molecule has 0 aliphatic carbocycles. The van der Waals surface area contributed by atoms with Crippen molar-refractivity contribution < 1.29 is 31.1 Å². The van der Waals surface area contributed by atoms with Crippen LogP contribution in [0, 0.1) is 6.92 Å². The van der Waals surface area contributed by atoms with Crippen LogP contribution in [-0.4, -0.2) is 41.8 Å². The van der Waals surface area contributed by atoms with Gasteiger partial charge in [0.2, 0.25) is 0 Å². The summed E-state index contributed by atoms with van der Waals surface area (Å²) in [6.45, 7) is 1.10. The van der Waals surface area contributed by atoms with E-state index < -0.39 is 31.5 Å². The van der Waals surface area contributed by atoms with Gasteiger partial charge in [0.05, 0.1) is 15.5 Å². The van der Waals surface area contributed by atoms with Gasteiger partial charge in [-0.05, 0) is 43.3 Å². The second kappa shape index (κ2) is 8.73. The molecule has 146 valence electrons. The van der Waals surface area contributed by atoms with Crippen molar-refractivity contribution in [2.45, 2.75) is 16.7 Å². The van der Waals surface area contributed by atoms with Gasteiger partial charge in [0.25, 0.3) is 9.05 Å². The van der Waals surface area contributed by atoms with Gasteiger partial charge in [-0.15, -0.1) is 0 Å². The molecule has 0 saturated carbocycles. The molecule has 7 nitrogen and oxygen atoms in total. The number of sulfone groups is 1. The normalized spacial score (nSPS) is 11.8. The third kappa shape index (κ3) is 6.53. The van der Waals surface area contributed by atoms with Gasteiger partial charge in [0.15, 0.2) is 16.4 Å². The van der Waals surface area contributed by atoms with E-state index >= 15 is 0 Å². The SMILES string of the molecule is Cc1ccc(S(=O)(=O)CCOC(=O)COc2ccc(S(=O)(=O)Cl)cc2)cc1. The minimum atomic E-state index is -3.83. The molecule has 0 N–H and O–H groups in total. The Morgan fingerprint density at radius 3 is 2.04 bits per heavy atom. The first-order valence-electron chi connectivity index (χ1n) is 7.70. The third-order valence-corrected chi connectivity index (χ3v) is 6.52. The lowest BCUT2D eigenvalue weighted by atomic mass is 10.2. The van der Waals surface area contributed by atoms with Crippen molar-refractivity contribution in [3.8, 4) is 5.75 Å². The Labute approximate surface area is 162 Å². The molecular weight excluding hydrogens is 416 g/mol. The quantitative estimate of drug-likeness (QED) is 0.465. The number of carbonyl (C=O) groups is 1. The molecule has 0 spiro atoms. The van der Waals surface area contributed by atoms with Gasteiger partial charge in [0, 0.05) is 10.7 Å². The topological polar surface area (TPSA) is 104 Å². The molecule has 0 radical (unpaired) electrons. The average molecular weight is 433 g/mol. The molecule has 0 unspecified atom stereocenters. The number of halogens is 1. The maximum absolute atomic E-state index is 12.1. The zero-order chi connectivity index (χ0) is 20.1. The highest BCUT2D eigenvalue weighted by atomic mass is 35.7. The molecular formula is C17H17ClO7S2. The summed E-state index contributed by atoms with van der Waals surface area (Å²) in [5, 5.41) is 0. The van der Waals surface area contributed by atoms with Crippen molar-refractivity contribution in [3.05, 3.63) is 54.1 Å². The van der Waals surface area contributed by atoms with Gasteiger partial charge < -0.3 is 9.47 Å². The number of esters is 1. The molecule has 0 aliphatic rings. The van der Waals surface area contributed by atoms with Gasteiger partial charge in [-0.1, -0.05) is 17.7 Å². The average Bonchev–Trinajstić information content (AvgIpc) is 2.60. The summed E-state index contributed by atoms with van der Waals surface area (Å²) in [5.74, 6) is -0.851. The van der Waals surface area contributed by atoms with Crippen molar-refractivity contribution >= 4 is 35.5 Å². The van der Waals surface area contributed by atoms with Crippen LogP contribution in [0.25, 0.3) is 0 Å². The van der Waals surface area contributed by atoms with Crippen molar-refractivity contribution in [1.82, 2.24) is 0 Å². The minimum Gasteiger partial charge on any atom is -0.482 e. The number of benzene rings is 2. The standard InChI is InChI=1S/C17H17ClO7S2/c1-13-2-6-15(7-3-13)26(20,21)11-10-24-17(19)12-25-14-4-8-16(9-5-14)27(18,22)23/h2-9H,10-12H2,1H3. The van der Waals surface area contributed by atoms with Gasteiger partial charge >= 0.3 is 5.97 Å². The number of hydrogen-bond donors (Lipinski definition) is 0. The fourth-order valence-electron chi connectivity index (χ4n) is 2.01. The van der Waals surface area contributed by atoms with Crippen LogP contribution >= 0.6 is 10.7 Å². The lowest BCUT2D eigenvalue weighted by Gasteiger charge is -2.08. The molecule has 0 aromatic heterocycles. The fraction of sp³-hybridized carbons (Fsp3) is 0.235. The van der Waals surface area contributed by atoms with Crippen LogP contribution < -0.4 is 4.74 Å². The van der Waals surface area contributed by atoms with Gasteiger partial charge in [-0.25, -0.2) is 21.6 Å². The fourth-order valence-corrected chi connectivity index (χ4v) is 3.87. The highest BCUT2D eigenvalue weighted by Crippen LogP contribution is 2.19. The van der Waals surface area contributed by atoms with Crippen molar-refractivity contribution in [1.29, 1.82) is 0 Å². The Hall–Kier alpha value is -2.10. The predicted octanol–water partition coefficient (Wildman–Crippen LogP) is 2.32. The van der Waals surface area contributed by atoms with Gasteiger partial charge in [-0.3, -0.25) is 0 Å². The van der Waals surface area contributed by atoms with E-state index in [4.69, 9.17) is 20.2 Å².